The number of nitrogens with zero attached hydrogens (tertiary/aromatic N) is 1. The summed E-state index contributed by atoms with van der Waals surface area (Å²) in [6, 6.07) is 32.0. The van der Waals surface area contributed by atoms with Crippen molar-refractivity contribution in [3.05, 3.63) is 126 Å². The second-order valence-electron chi connectivity index (χ2n) is 11.4. The van der Waals surface area contributed by atoms with Crippen LogP contribution in [-0.4, -0.2) is 49.0 Å². The maximum absolute atomic E-state index is 13.3. The molecule has 4 aromatic carbocycles. The lowest BCUT2D eigenvalue weighted by Crippen LogP contribution is -2.50. The smallest absolute Gasteiger partial charge is 0.249 e. The Kier molecular flexibility index (Phi) is 11.7. The number of halogens is 1. The molecule has 234 valence electrons. The van der Waals surface area contributed by atoms with E-state index in [1.807, 2.05) is 36.4 Å². The van der Waals surface area contributed by atoms with Crippen LogP contribution in [0.5, 0.6) is 11.5 Å². The molecule has 1 atom stereocenters. The molecular weight excluding hydrogens is 569 g/mol. The number of nitrogens with one attached hydrogen (secondary N) is 2. The molecule has 4 aromatic rings. The van der Waals surface area contributed by atoms with Crippen molar-refractivity contribution >= 4 is 17.5 Å². The van der Waals surface area contributed by atoms with Gasteiger partial charge in [0, 0.05) is 5.69 Å². The number of benzene rings is 4. The minimum absolute atomic E-state index is 0.0276. The SMILES string of the molecule is O=C(CN1CCC(CCc2ccccc2)CC1)N[C@@H](COCc1ccccc1)C(=O)Nc1ccc(Oc2ccc(F)cc2)cc1. The fourth-order valence-electron chi connectivity index (χ4n) is 5.42. The molecule has 8 heteroatoms. The molecule has 0 radical (unpaired) electrons. The zero-order valence-corrected chi connectivity index (χ0v) is 25.4. The maximum atomic E-state index is 13.3. The van der Waals surface area contributed by atoms with Gasteiger partial charge in [0.05, 0.1) is 19.8 Å². The Balaban J connectivity index is 1.12. The van der Waals surface area contributed by atoms with Gasteiger partial charge in [0.15, 0.2) is 0 Å². The van der Waals surface area contributed by atoms with E-state index in [0.717, 1.165) is 44.3 Å². The van der Waals surface area contributed by atoms with Gasteiger partial charge in [-0.25, -0.2) is 4.39 Å². The van der Waals surface area contributed by atoms with E-state index in [2.05, 4.69) is 39.8 Å². The number of likely N-dealkylation sites (tertiary alicyclic amines) is 1. The quantitative estimate of drug-likeness (QED) is 0.168. The standard InChI is InChI=1S/C37H40FN3O4/c38-31-13-17-33(18-14-31)45-34-19-15-32(16-20-34)39-37(43)35(27-44-26-30-9-5-2-6-10-30)40-36(42)25-41-23-21-29(22-24-41)12-11-28-7-3-1-4-8-28/h1-10,13-20,29,35H,11-12,21-27H2,(H,39,43)(H,40,42)/t35-/m0/s1. The van der Waals surface area contributed by atoms with Crippen LogP contribution in [-0.2, 0) is 27.4 Å². The summed E-state index contributed by atoms with van der Waals surface area (Å²) in [7, 11) is 0. The first kappa shape index (κ1) is 31.9. The van der Waals surface area contributed by atoms with Crippen molar-refractivity contribution in [2.45, 2.75) is 38.3 Å². The van der Waals surface area contributed by atoms with Crippen LogP contribution in [0.1, 0.15) is 30.4 Å². The number of ether oxygens (including phenoxy) is 2. The molecule has 5 rings (SSSR count). The van der Waals surface area contributed by atoms with E-state index < -0.39 is 6.04 Å². The third-order valence-corrected chi connectivity index (χ3v) is 7.98. The summed E-state index contributed by atoms with van der Waals surface area (Å²) in [5.41, 5.74) is 2.90. The highest BCUT2D eigenvalue weighted by Crippen LogP contribution is 2.24. The summed E-state index contributed by atoms with van der Waals surface area (Å²) >= 11 is 0. The number of carbonyl (C=O) groups is 2. The molecule has 0 unspecified atom stereocenters. The average Bonchev–Trinajstić information content (AvgIpc) is 3.07. The number of rotatable bonds is 14. The lowest BCUT2D eigenvalue weighted by molar-refractivity contribution is -0.128. The first-order valence-electron chi connectivity index (χ1n) is 15.5. The van der Waals surface area contributed by atoms with E-state index >= 15 is 0 Å². The molecule has 0 aromatic heterocycles. The first-order valence-corrected chi connectivity index (χ1v) is 15.5. The maximum Gasteiger partial charge on any atom is 0.249 e. The van der Waals surface area contributed by atoms with E-state index in [1.165, 1.54) is 17.7 Å². The van der Waals surface area contributed by atoms with Crippen LogP contribution < -0.4 is 15.4 Å². The average molecular weight is 610 g/mol. The van der Waals surface area contributed by atoms with Crippen LogP contribution in [0.3, 0.4) is 0 Å². The van der Waals surface area contributed by atoms with Crippen molar-refractivity contribution in [3.63, 3.8) is 0 Å². The van der Waals surface area contributed by atoms with E-state index in [0.29, 0.717) is 29.7 Å². The summed E-state index contributed by atoms with van der Waals surface area (Å²) < 4.78 is 24.8. The summed E-state index contributed by atoms with van der Waals surface area (Å²) in [6.45, 7) is 2.32. The monoisotopic (exact) mass is 609 g/mol. The summed E-state index contributed by atoms with van der Waals surface area (Å²) in [5.74, 6) is 0.783. The normalized spacial score (nSPS) is 14.4. The molecule has 7 nitrogen and oxygen atoms in total. The number of hydrogen-bond donors (Lipinski definition) is 2. The minimum Gasteiger partial charge on any atom is -0.457 e. The van der Waals surface area contributed by atoms with E-state index in [1.54, 1.807) is 36.4 Å². The van der Waals surface area contributed by atoms with Gasteiger partial charge in [-0.2, -0.15) is 0 Å². The highest BCUT2D eigenvalue weighted by atomic mass is 19.1. The number of aryl methyl sites for hydroxylation is 1. The van der Waals surface area contributed by atoms with Crippen molar-refractivity contribution in [3.8, 4) is 11.5 Å². The van der Waals surface area contributed by atoms with Crippen LogP contribution in [0.25, 0.3) is 0 Å². The highest BCUT2D eigenvalue weighted by Gasteiger charge is 2.25. The molecule has 1 fully saturated rings. The largest absolute Gasteiger partial charge is 0.457 e. The van der Waals surface area contributed by atoms with E-state index in [-0.39, 0.29) is 30.8 Å². The molecule has 2 amide bonds. The van der Waals surface area contributed by atoms with Gasteiger partial charge in [-0.05, 0) is 104 Å². The Labute approximate surface area is 264 Å². The number of piperidine rings is 1. The number of amides is 2. The molecule has 1 aliphatic heterocycles. The number of anilines is 1. The van der Waals surface area contributed by atoms with Crippen LogP contribution in [0.15, 0.2) is 109 Å². The summed E-state index contributed by atoms with van der Waals surface area (Å²) in [4.78, 5) is 28.6. The Morgan fingerprint density at radius 3 is 2.04 bits per heavy atom. The predicted molar refractivity (Wildman–Crippen MR) is 174 cm³/mol. The molecule has 1 saturated heterocycles. The molecule has 0 bridgehead atoms. The molecule has 1 heterocycles. The molecule has 0 aliphatic carbocycles. The van der Waals surface area contributed by atoms with E-state index in [9.17, 15) is 14.0 Å². The van der Waals surface area contributed by atoms with Gasteiger partial charge in [-0.3, -0.25) is 14.5 Å². The van der Waals surface area contributed by atoms with Crippen LogP contribution in [0.2, 0.25) is 0 Å². The van der Waals surface area contributed by atoms with Gasteiger partial charge < -0.3 is 20.1 Å². The fraction of sp³-hybridized carbons (Fsp3) is 0.297. The zero-order valence-electron chi connectivity index (χ0n) is 25.4. The Morgan fingerprint density at radius 2 is 1.40 bits per heavy atom. The lowest BCUT2D eigenvalue weighted by atomic mass is 9.90. The summed E-state index contributed by atoms with van der Waals surface area (Å²) in [6.07, 6.45) is 4.36. The number of carbonyl (C=O) groups excluding carboxylic acids is 2. The van der Waals surface area contributed by atoms with Crippen molar-refractivity contribution in [2.75, 3.05) is 31.6 Å². The first-order chi connectivity index (χ1) is 22.0. The third kappa shape index (κ3) is 10.6. The van der Waals surface area contributed by atoms with Crippen LogP contribution in [0, 0.1) is 11.7 Å². The predicted octanol–water partition coefficient (Wildman–Crippen LogP) is 6.60. The fourth-order valence-corrected chi connectivity index (χ4v) is 5.42. The topological polar surface area (TPSA) is 79.9 Å². The zero-order chi connectivity index (χ0) is 31.3. The van der Waals surface area contributed by atoms with Crippen molar-refractivity contribution in [1.82, 2.24) is 10.2 Å². The Bertz CT molecular complexity index is 1480. The third-order valence-electron chi connectivity index (χ3n) is 7.98. The second-order valence-corrected chi connectivity index (χ2v) is 11.4. The molecule has 1 aliphatic rings. The second kappa shape index (κ2) is 16.5. The van der Waals surface area contributed by atoms with Gasteiger partial charge in [0.25, 0.3) is 0 Å². The van der Waals surface area contributed by atoms with Crippen LogP contribution in [0.4, 0.5) is 10.1 Å². The van der Waals surface area contributed by atoms with Gasteiger partial charge in [-0.1, -0.05) is 60.7 Å². The van der Waals surface area contributed by atoms with Crippen molar-refractivity contribution in [1.29, 1.82) is 0 Å². The Hall–Kier alpha value is -4.53. The van der Waals surface area contributed by atoms with Gasteiger partial charge in [0.2, 0.25) is 11.8 Å². The van der Waals surface area contributed by atoms with Crippen molar-refractivity contribution < 1.29 is 23.5 Å². The van der Waals surface area contributed by atoms with E-state index in [4.69, 9.17) is 9.47 Å². The molecule has 45 heavy (non-hydrogen) atoms. The molecule has 2 N–H and O–H groups in total. The summed E-state index contributed by atoms with van der Waals surface area (Å²) in [5, 5.41) is 5.78. The number of hydrogen-bond acceptors (Lipinski definition) is 5. The molecular formula is C37H40FN3O4. The highest BCUT2D eigenvalue weighted by molar-refractivity contribution is 5.97. The Morgan fingerprint density at radius 1 is 0.800 bits per heavy atom. The van der Waals surface area contributed by atoms with Gasteiger partial charge in [0.1, 0.15) is 23.4 Å². The van der Waals surface area contributed by atoms with Crippen LogP contribution >= 0.6 is 0 Å². The molecule has 0 spiro atoms. The lowest BCUT2D eigenvalue weighted by Gasteiger charge is -2.32. The van der Waals surface area contributed by atoms with Crippen molar-refractivity contribution in [2.24, 2.45) is 5.92 Å². The minimum atomic E-state index is -0.875. The molecule has 0 saturated carbocycles. The van der Waals surface area contributed by atoms with Gasteiger partial charge in [-0.15, -0.1) is 0 Å². The van der Waals surface area contributed by atoms with Gasteiger partial charge >= 0.3 is 0 Å².